The number of hydrogen-bond acceptors (Lipinski definition) is 8. The summed E-state index contributed by atoms with van der Waals surface area (Å²) in [5, 5.41) is 11.7. The van der Waals surface area contributed by atoms with E-state index in [1.165, 1.54) is 12.8 Å². The van der Waals surface area contributed by atoms with Crippen molar-refractivity contribution >= 4 is 38.6 Å². The lowest BCUT2D eigenvalue weighted by Crippen LogP contribution is -2.32. The zero-order valence-corrected chi connectivity index (χ0v) is 24.2. The van der Waals surface area contributed by atoms with Gasteiger partial charge < -0.3 is 16.0 Å². The zero-order valence-electron chi connectivity index (χ0n) is 23.4. The largest absolute Gasteiger partial charge is 0.354 e. The van der Waals surface area contributed by atoms with Crippen LogP contribution in [0.5, 0.6) is 0 Å². The molecule has 1 aliphatic rings. The van der Waals surface area contributed by atoms with Crippen LogP contribution in [0, 0.1) is 11.8 Å². The molecule has 1 fully saturated rings. The summed E-state index contributed by atoms with van der Waals surface area (Å²) in [6, 6.07) is 13.2. The lowest BCUT2D eigenvalue weighted by atomic mass is 9.82. The molecule has 1 heterocycles. The van der Waals surface area contributed by atoms with Crippen molar-refractivity contribution in [3.8, 4) is 0 Å². The molecule has 1 saturated carbocycles. The molecule has 9 nitrogen and oxygen atoms in total. The van der Waals surface area contributed by atoms with Crippen LogP contribution < -0.4 is 20.7 Å². The van der Waals surface area contributed by atoms with E-state index < -0.39 is 10.0 Å². The minimum Gasteiger partial charge on any atom is -0.354 e. The number of nitrogens with one attached hydrogen (secondary N) is 4. The van der Waals surface area contributed by atoms with Gasteiger partial charge in [-0.3, -0.25) is 0 Å². The number of aromatic nitrogens is 3. The highest BCUT2D eigenvalue weighted by molar-refractivity contribution is 7.89. The van der Waals surface area contributed by atoms with E-state index in [0.717, 1.165) is 56.0 Å². The Morgan fingerprint density at radius 1 is 0.821 bits per heavy atom. The van der Waals surface area contributed by atoms with E-state index >= 15 is 0 Å². The van der Waals surface area contributed by atoms with Gasteiger partial charge in [-0.15, -0.1) is 0 Å². The van der Waals surface area contributed by atoms with Crippen LogP contribution in [0.4, 0.5) is 17.8 Å². The van der Waals surface area contributed by atoms with Crippen molar-refractivity contribution in [1.82, 2.24) is 19.7 Å². The van der Waals surface area contributed by atoms with Gasteiger partial charge >= 0.3 is 0 Å². The maximum atomic E-state index is 13.1. The van der Waals surface area contributed by atoms with E-state index in [2.05, 4.69) is 56.4 Å². The molecule has 10 heteroatoms. The molecule has 212 valence electrons. The monoisotopic (exact) mass is 553 g/mol. The smallest absolute Gasteiger partial charge is 0.241 e. The van der Waals surface area contributed by atoms with Crippen LogP contribution >= 0.6 is 0 Å². The second-order valence-electron chi connectivity index (χ2n) is 10.8. The summed E-state index contributed by atoms with van der Waals surface area (Å²) in [6.07, 6.45) is 7.49. The number of rotatable bonds is 14. The number of fused-ring (bicyclic) bond motifs is 1. The molecule has 2 aromatic carbocycles. The van der Waals surface area contributed by atoms with E-state index in [-0.39, 0.29) is 6.04 Å². The predicted molar refractivity (Wildman–Crippen MR) is 160 cm³/mol. The number of sulfonamides is 1. The van der Waals surface area contributed by atoms with Gasteiger partial charge in [0.2, 0.25) is 27.9 Å². The molecular formula is C29H43N7O2S. The van der Waals surface area contributed by atoms with Crippen LogP contribution in [0.3, 0.4) is 0 Å². The summed E-state index contributed by atoms with van der Waals surface area (Å²) < 4.78 is 29.0. The molecule has 4 rings (SSSR count). The Hall–Kier alpha value is -2.98. The Morgan fingerprint density at radius 2 is 1.46 bits per heavy atom. The summed E-state index contributed by atoms with van der Waals surface area (Å²) in [6.45, 7) is 8.41. The minimum absolute atomic E-state index is 0.224. The first kappa shape index (κ1) is 29.0. The molecular weight excluding hydrogens is 510 g/mol. The lowest BCUT2D eigenvalue weighted by Gasteiger charge is -2.28. The van der Waals surface area contributed by atoms with Crippen LogP contribution in [0.15, 0.2) is 47.4 Å². The molecule has 0 atom stereocenters. The van der Waals surface area contributed by atoms with Crippen molar-refractivity contribution in [1.29, 1.82) is 0 Å². The van der Waals surface area contributed by atoms with Gasteiger partial charge in [0.15, 0.2) is 0 Å². The summed E-state index contributed by atoms with van der Waals surface area (Å²) in [5.74, 6) is 2.58. The normalized spacial score (nSPS) is 17.8. The molecule has 4 N–H and O–H groups in total. The fourth-order valence-corrected chi connectivity index (χ4v) is 6.39. The van der Waals surface area contributed by atoms with E-state index in [0.29, 0.717) is 41.1 Å². The molecule has 0 aliphatic heterocycles. The van der Waals surface area contributed by atoms with Crippen molar-refractivity contribution in [3.05, 3.63) is 42.5 Å². The maximum absolute atomic E-state index is 13.1. The fraction of sp³-hybridized carbons (Fsp3) is 0.552. The van der Waals surface area contributed by atoms with Gasteiger partial charge in [-0.05, 0) is 69.2 Å². The van der Waals surface area contributed by atoms with Gasteiger partial charge in [0.25, 0.3) is 0 Å². The highest BCUT2D eigenvalue weighted by Gasteiger charge is 2.24. The minimum atomic E-state index is -3.57. The Morgan fingerprint density at radius 3 is 2.18 bits per heavy atom. The summed E-state index contributed by atoms with van der Waals surface area (Å²) in [7, 11) is -3.57. The molecule has 1 aliphatic carbocycles. The third-order valence-electron chi connectivity index (χ3n) is 7.23. The molecule has 0 bridgehead atoms. The topological polar surface area (TPSA) is 121 Å². The zero-order chi connectivity index (χ0) is 27.7. The maximum Gasteiger partial charge on any atom is 0.241 e. The van der Waals surface area contributed by atoms with Gasteiger partial charge in [-0.2, -0.15) is 15.0 Å². The standard InChI is InChI=1S/C29H43N7O2S/c1-4-5-8-18-30-27-34-28(36-29(35-27)33-21(2)3)31-19-22-14-16-23(17-15-22)20-32-39(37,38)26-13-9-11-24-10-6-7-12-25(24)26/h6-7,9-13,21-23,32H,4-5,8,14-20H2,1-3H3,(H3,30,31,33,34,35,36). The third-order valence-corrected chi connectivity index (χ3v) is 8.71. The molecule has 0 saturated heterocycles. The lowest BCUT2D eigenvalue weighted by molar-refractivity contribution is 0.284. The van der Waals surface area contributed by atoms with E-state index in [4.69, 9.17) is 0 Å². The molecule has 3 aromatic rings. The van der Waals surface area contributed by atoms with Gasteiger partial charge in [0.1, 0.15) is 0 Å². The quantitative estimate of drug-likeness (QED) is 0.189. The Bertz CT molecular complexity index is 1300. The SMILES string of the molecule is CCCCCNc1nc(NCC2CCC(CNS(=O)(=O)c3cccc4ccccc34)CC2)nc(NC(C)C)n1. The third kappa shape index (κ3) is 8.50. The highest BCUT2D eigenvalue weighted by Crippen LogP contribution is 2.29. The first-order chi connectivity index (χ1) is 18.8. The summed E-state index contributed by atoms with van der Waals surface area (Å²) in [4.78, 5) is 14.0. The van der Waals surface area contributed by atoms with Gasteiger partial charge in [-0.1, -0.05) is 56.2 Å². The predicted octanol–water partition coefficient (Wildman–Crippen LogP) is 5.64. The fourth-order valence-electron chi connectivity index (χ4n) is 5.04. The van der Waals surface area contributed by atoms with Crippen LogP contribution in [0.25, 0.3) is 10.8 Å². The molecule has 0 amide bonds. The molecule has 0 radical (unpaired) electrons. The number of nitrogens with zero attached hydrogens (tertiary/aromatic N) is 3. The number of unbranched alkanes of at least 4 members (excludes halogenated alkanes) is 2. The van der Waals surface area contributed by atoms with Crippen molar-refractivity contribution in [3.63, 3.8) is 0 Å². The van der Waals surface area contributed by atoms with Crippen molar-refractivity contribution in [2.45, 2.75) is 76.7 Å². The average Bonchev–Trinajstić information content (AvgIpc) is 2.93. The number of benzene rings is 2. The van der Waals surface area contributed by atoms with E-state index in [1.54, 1.807) is 12.1 Å². The van der Waals surface area contributed by atoms with Crippen molar-refractivity contribution in [2.24, 2.45) is 11.8 Å². The van der Waals surface area contributed by atoms with Crippen LogP contribution in [0.1, 0.15) is 65.7 Å². The Labute approximate surface area is 233 Å². The Kier molecular flexibility index (Phi) is 10.3. The summed E-state index contributed by atoms with van der Waals surface area (Å²) >= 11 is 0. The molecule has 39 heavy (non-hydrogen) atoms. The first-order valence-corrected chi connectivity index (χ1v) is 15.8. The van der Waals surface area contributed by atoms with Crippen LogP contribution in [-0.2, 0) is 10.0 Å². The van der Waals surface area contributed by atoms with Gasteiger partial charge in [0.05, 0.1) is 4.90 Å². The van der Waals surface area contributed by atoms with Crippen molar-refractivity contribution in [2.75, 3.05) is 35.6 Å². The van der Waals surface area contributed by atoms with Crippen LogP contribution in [0.2, 0.25) is 0 Å². The average molecular weight is 554 g/mol. The second-order valence-corrected chi connectivity index (χ2v) is 12.6. The van der Waals surface area contributed by atoms with Crippen molar-refractivity contribution < 1.29 is 8.42 Å². The Balaban J connectivity index is 1.27. The second kappa shape index (κ2) is 13.9. The van der Waals surface area contributed by atoms with Gasteiger partial charge in [-0.25, -0.2) is 13.1 Å². The number of anilines is 3. The summed E-state index contributed by atoms with van der Waals surface area (Å²) in [5.41, 5.74) is 0. The molecule has 1 aromatic heterocycles. The van der Waals surface area contributed by atoms with E-state index in [1.807, 2.05) is 30.3 Å². The molecule has 0 unspecified atom stereocenters. The first-order valence-electron chi connectivity index (χ1n) is 14.3. The molecule has 0 spiro atoms. The highest BCUT2D eigenvalue weighted by atomic mass is 32.2. The van der Waals surface area contributed by atoms with E-state index in [9.17, 15) is 8.42 Å². The van der Waals surface area contributed by atoms with Gasteiger partial charge in [0, 0.05) is 31.1 Å². The number of hydrogen-bond donors (Lipinski definition) is 4. The van der Waals surface area contributed by atoms with Crippen LogP contribution in [-0.4, -0.2) is 49.0 Å².